The van der Waals surface area contributed by atoms with E-state index >= 15 is 0 Å². The van der Waals surface area contributed by atoms with Crippen LogP contribution < -0.4 is 10.6 Å². The lowest BCUT2D eigenvalue weighted by molar-refractivity contribution is -0.929. The summed E-state index contributed by atoms with van der Waals surface area (Å²) in [6.07, 6.45) is 5.49. The van der Waals surface area contributed by atoms with Gasteiger partial charge >= 0.3 is 5.97 Å². The maximum Gasteiger partial charge on any atom is 0.314 e. The van der Waals surface area contributed by atoms with Gasteiger partial charge in [-0.3, -0.25) is 24.0 Å². The molecule has 0 saturated carbocycles. The molecule has 5 aromatic rings. The number of quaternary nitrogens is 1. The molecule has 3 heterocycles. The van der Waals surface area contributed by atoms with Crippen LogP contribution in [0, 0.1) is 22.2 Å². The highest BCUT2D eigenvalue weighted by atomic mass is 16.9. The lowest BCUT2D eigenvalue weighted by atomic mass is 10.1. The number of aromatic nitrogens is 3. The maximum absolute atomic E-state index is 13.1. The van der Waals surface area contributed by atoms with Gasteiger partial charge in [0, 0.05) is 60.7 Å². The smallest absolute Gasteiger partial charge is 0.314 e. The Bertz CT molecular complexity index is 1950. The average molecular weight is 705 g/mol. The molecule has 1 fully saturated rings. The second-order valence-electron chi connectivity index (χ2n) is 12.7. The SMILES string of the molecule is Cc1ccc(NC(=O)c2ccc(CN3CC[N+](C)(COC(=O)Cc4ccccc4)CC3)cc2)cc1Nc1nccc(-c2cccnc2)n1.O=[N+]([O-])[O-]. The number of esters is 1. The number of ether oxygens (including phenoxy) is 1. The molecule has 0 unspecified atom stereocenters. The van der Waals surface area contributed by atoms with Gasteiger partial charge in [0.05, 0.1) is 37.3 Å². The first kappa shape index (κ1) is 37.0. The second kappa shape index (κ2) is 17.6. The number of carbonyl (C=O) groups excluding carboxylic acids is 2. The summed E-state index contributed by atoms with van der Waals surface area (Å²) in [6.45, 7) is 6.77. The van der Waals surface area contributed by atoms with Gasteiger partial charge in [-0.15, -0.1) is 0 Å². The van der Waals surface area contributed by atoms with Gasteiger partial charge in [0.1, 0.15) is 0 Å². The molecule has 2 N–H and O–H groups in total. The highest BCUT2D eigenvalue weighted by Crippen LogP contribution is 2.25. The molecule has 2 aromatic heterocycles. The average Bonchev–Trinajstić information content (AvgIpc) is 3.14. The summed E-state index contributed by atoms with van der Waals surface area (Å²) in [5.41, 5.74) is 6.82. The third kappa shape index (κ3) is 11.1. The molecule has 14 nitrogen and oxygen atoms in total. The van der Waals surface area contributed by atoms with Crippen LogP contribution in [0.4, 0.5) is 17.3 Å². The summed E-state index contributed by atoms with van der Waals surface area (Å²) < 4.78 is 6.35. The first-order chi connectivity index (χ1) is 25.0. The summed E-state index contributed by atoms with van der Waals surface area (Å²) in [5, 5.41) is 21.1. The van der Waals surface area contributed by atoms with Gasteiger partial charge in [-0.05, 0) is 66.1 Å². The van der Waals surface area contributed by atoms with Crippen molar-refractivity contribution in [3.63, 3.8) is 0 Å². The zero-order valence-corrected chi connectivity index (χ0v) is 29.0. The van der Waals surface area contributed by atoms with Crippen LogP contribution in [0.2, 0.25) is 0 Å². The highest BCUT2D eigenvalue weighted by Gasteiger charge is 2.30. The third-order valence-electron chi connectivity index (χ3n) is 8.62. The van der Waals surface area contributed by atoms with Gasteiger partial charge < -0.3 is 30.7 Å². The molecule has 0 atom stereocenters. The van der Waals surface area contributed by atoms with Gasteiger partial charge in [0.25, 0.3) is 5.91 Å². The summed E-state index contributed by atoms with van der Waals surface area (Å²) >= 11 is 0. The number of nitrogens with zero attached hydrogens (tertiary/aromatic N) is 6. The molecule has 3 aromatic carbocycles. The Morgan fingerprint density at radius 3 is 2.35 bits per heavy atom. The topological polar surface area (TPSA) is 176 Å². The number of aryl methyl sites for hydroxylation is 1. The van der Waals surface area contributed by atoms with Crippen LogP contribution in [-0.2, 0) is 22.5 Å². The zero-order chi connectivity index (χ0) is 36.9. The molecule has 1 saturated heterocycles. The predicted molar refractivity (Wildman–Crippen MR) is 197 cm³/mol. The van der Waals surface area contributed by atoms with Crippen molar-refractivity contribution < 1.29 is 23.9 Å². The minimum atomic E-state index is -1.75. The number of hydrogen-bond donors (Lipinski definition) is 2. The third-order valence-corrected chi connectivity index (χ3v) is 8.62. The summed E-state index contributed by atoms with van der Waals surface area (Å²) in [6, 6.07) is 28.8. The van der Waals surface area contributed by atoms with Crippen molar-refractivity contribution >= 4 is 29.2 Å². The van der Waals surface area contributed by atoms with Crippen LogP contribution >= 0.6 is 0 Å². The molecule has 14 heteroatoms. The predicted octanol–water partition coefficient (Wildman–Crippen LogP) is 5.61. The van der Waals surface area contributed by atoms with Crippen LogP contribution in [0.5, 0.6) is 0 Å². The van der Waals surface area contributed by atoms with Crippen molar-refractivity contribution in [2.45, 2.75) is 19.9 Å². The molecule has 0 radical (unpaired) electrons. The Morgan fingerprint density at radius 1 is 0.923 bits per heavy atom. The molecule has 0 aliphatic carbocycles. The molecule has 1 aliphatic heterocycles. The lowest BCUT2D eigenvalue weighted by Crippen LogP contribution is -2.58. The van der Waals surface area contributed by atoms with E-state index in [-0.39, 0.29) is 11.9 Å². The number of rotatable bonds is 11. The fraction of sp³-hybridized carbons (Fsp3) is 0.237. The van der Waals surface area contributed by atoms with E-state index in [1.165, 1.54) is 0 Å². The first-order valence-electron chi connectivity index (χ1n) is 16.6. The van der Waals surface area contributed by atoms with E-state index in [1.54, 1.807) is 18.6 Å². The molecule has 52 heavy (non-hydrogen) atoms. The maximum atomic E-state index is 13.1. The fourth-order valence-electron chi connectivity index (χ4n) is 5.59. The number of carbonyl (C=O) groups is 2. The van der Waals surface area contributed by atoms with E-state index in [0.29, 0.717) is 34.8 Å². The van der Waals surface area contributed by atoms with Crippen LogP contribution in [0.25, 0.3) is 11.3 Å². The van der Waals surface area contributed by atoms with Crippen molar-refractivity contribution in [2.24, 2.45) is 0 Å². The number of pyridine rings is 1. The molecule has 268 valence electrons. The van der Waals surface area contributed by atoms with Gasteiger partial charge in [-0.1, -0.05) is 48.5 Å². The Morgan fingerprint density at radius 2 is 1.65 bits per heavy atom. The molecule has 6 rings (SSSR count). The van der Waals surface area contributed by atoms with Crippen LogP contribution in [0.15, 0.2) is 110 Å². The highest BCUT2D eigenvalue weighted by molar-refractivity contribution is 6.04. The van der Waals surface area contributed by atoms with Crippen LogP contribution in [0.3, 0.4) is 0 Å². The standard InChI is InChI=1S/C38H39N7O3.NO3/c1-28-10-15-33(24-35(28)43-38-40-18-16-34(42-38)32-9-6-17-39-25-32)41-37(47)31-13-11-30(12-14-31)26-44-19-21-45(2,22-20-44)27-48-36(46)23-29-7-4-3-5-8-29;2-1(3)4/h3-18,24-25H,19-23,26-27H2,1-2H3,(H-,40,41,42,43,47);/q;-1/p+1. The minimum absolute atomic E-state index is 0.181. The molecular formula is C38H40N8O6. The van der Waals surface area contributed by atoms with E-state index < -0.39 is 5.09 Å². The van der Waals surface area contributed by atoms with Crippen LogP contribution in [0.1, 0.15) is 27.0 Å². The van der Waals surface area contributed by atoms with Gasteiger partial charge in [-0.2, -0.15) is 0 Å². The number of nitrogens with one attached hydrogen (secondary N) is 2. The summed E-state index contributed by atoms with van der Waals surface area (Å²) in [7, 11) is 2.14. The molecule has 0 spiro atoms. The minimum Gasteiger partial charge on any atom is -0.415 e. The second-order valence-corrected chi connectivity index (χ2v) is 12.7. The fourth-order valence-corrected chi connectivity index (χ4v) is 5.59. The number of amides is 1. The Labute approximate surface area is 301 Å². The number of hydrogen-bond acceptors (Lipinski definition) is 11. The van der Waals surface area contributed by atoms with Crippen molar-refractivity contribution in [1.29, 1.82) is 0 Å². The Balaban J connectivity index is 0.00000124. The monoisotopic (exact) mass is 704 g/mol. The molecule has 1 amide bonds. The van der Waals surface area contributed by atoms with E-state index in [1.807, 2.05) is 97.9 Å². The number of likely N-dealkylation sites (N-methyl/N-ethyl adjacent to an activating group) is 1. The van der Waals surface area contributed by atoms with E-state index in [4.69, 9.17) is 20.1 Å². The molecule has 0 bridgehead atoms. The van der Waals surface area contributed by atoms with E-state index in [2.05, 4.69) is 37.5 Å². The largest absolute Gasteiger partial charge is 0.415 e. The van der Waals surface area contributed by atoms with E-state index in [0.717, 1.165) is 66.4 Å². The van der Waals surface area contributed by atoms with Crippen molar-refractivity contribution in [3.8, 4) is 11.3 Å². The van der Waals surface area contributed by atoms with Crippen molar-refractivity contribution in [3.05, 3.63) is 147 Å². The quantitative estimate of drug-likeness (QED) is 0.0757. The zero-order valence-electron chi connectivity index (χ0n) is 29.0. The first-order valence-corrected chi connectivity index (χ1v) is 16.6. The van der Waals surface area contributed by atoms with Gasteiger partial charge in [0.15, 0.2) is 0 Å². The number of piperazine rings is 1. The Kier molecular flexibility index (Phi) is 12.5. The summed E-state index contributed by atoms with van der Waals surface area (Å²) in [5.74, 6) is 0.0845. The molecule has 1 aliphatic rings. The van der Waals surface area contributed by atoms with Crippen molar-refractivity contribution in [1.82, 2.24) is 19.9 Å². The normalized spacial score (nSPS) is 13.6. The van der Waals surface area contributed by atoms with Gasteiger partial charge in [0.2, 0.25) is 12.7 Å². The van der Waals surface area contributed by atoms with Gasteiger partial charge in [-0.25, -0.2) is 9.97 Å². The molecular weight excluding hydrogens is 664 g/mol. The number of benzene rings is 3. The summed E-state index contributed by atoms with van der Waals surface area (Å²) in [4.78, 5) is 49.3. The van der Waals surface area contributed by atoms with E-state index in [9.17, 15) is 9.59 Å². The van der Waals surface area contributed by atoms with Crippen molar-refractivity contribution in [2.75, 3.05) is 50.6 Å². The van der Waals surface area contributed by atoms with Crippen LogP contribution in [-0.4, -0.2) is 81.3 Å². The number of anilines is 3. The Hall–Kier alpha value is -6.25. The lowest BCUT2D eigenvalue weighted by Gasteiger charge is -2.41.